The Labute approximate surface area is 87.0 Å². The SMILES string of the molecule is CCOCCCC(=O)C1CCCCC1. The van der Waals surface area contributed by atoms with E-state index in [4.69, 9.17) is 4.74 Å². The van der Waals surface area contributed by atoms with Crippen molar-refractivity contribution in [2.75, 3.05) is 13.2 Å². The second kappa shape index (κ2) is 6.99. The molecule has 0 amide bonds. The van der Waals surface area contributed by atoms with Crippen LogP contribution in [0.25, 0.3) is 0 Å². The summed E-state index contributed by atoms with van der Waals surface area (Å²) in [6, 6.07) is 0. The summed E-state index contributed by atoms with van der Waals surface area (Å²) in [5.74, 6) is 0.856. The molecule has 0 aromatic heterocycles. The molecular weight excluding hydrogens is 176 g/mol. The molecule has 0 aromatic rings. The number of ketones is 1. The molecule has 0 saturated heterocycles. The molecule has 0 unspecified atom stereocenters. The van der Waals surface area contributed by atoms with Gasteiger partial charge in [0.05, 0.1) is 0 Å². The van der Waals surface area contributed by atoms with E-state index in [2.05, 4.69) is 0 Å². The Balaban J connectivity index is 2.07. The van der Waals surface area contributed by atoms with Crippen molar-refractivity contribution in [2.24, 2.45) is 5.92 Å². The second-order valence-electron chi connectivity index (χ2n) is 4.10. The Morgan fingerprint density at radius 3 is 2.64 bits per heavy atom. The number of hydrogen-bond donors (Lipinski definition) is 0. The lowest BCUT2D eigenvalue weighted by molar-refractivity contribution is -0.124. The van der Waals surface area contributed by atoms with Crippen molar-refractivity contribution in [3.05, 3.63) is 0 Å². The maximum Gasteiger partial charge on any atom is 0.136 e. The van der Waals surface area contributed by atoms with Gasteiger partial charge in [-0.05, 0) is 26.2 Å². The Morgan fingerprint density at radius 2 is 2.00 bits per heavy atom. The lowest BCUT2D eigenvalue weighted by atomic mass is 9.85. The first-order valence-electron chi connectivity index (χ1n) is 5.95. The van der Waals surface area contributed by atoms with Crippen molar-refractivity contribution in [3.63, 3.8) is 0 Å². The van der Waals surface area contributed by atoms with E-state index >= 15 is 0 Å². The van der Waals surface area contributed by atoms with E-state index < -0.39 is 0 Å². The van der Waals surface area contributed by atoms with Crippen molar-refractivity contribution in [1.29, 1.82) is 0 Å². The fourth-order valence-electron chi connectivity index (χ4n) is 2.12. The standard InChI is InChI=1S/C12H22O2/c1-2-14-10-6-9-12(13)11-7-4-3-5-8-11/h11H,2-10H2,1H3. The minimum Gasteiger partial charge on any atom is -0.382 e. The van der Waals surface area contributed by atoms with E-state index in [-0.39, 0.29) is 0 Å². The largest absolute Gasteiger partial charge is 0.382 e. The molecule has 0 aromatic carbocycles. The third-order valence-electron chi connectivity index (χ3n) is 2.98. The van der Waals surface area contributed by atoms with Crippen LogP contribution < -0.4 is 0 Å². The van der Waals surface area contributed by atoms with Crippen molar-refractivity contribution >= 4 is 5.78 Å². The van der Waals surface area contributed by atoms with E-state index in [1.807, 2.05) is 6.92 Å². The van der Waals surface area contributed by atoms with E-state index in [0.29, 0.717) is 11.7 Å². The van der Waals surface area contributed by atoms with Crippen molar-refractivity contribution in [1.82, 2.24) is 0 Å². The zero-order valence-electron chi connectivity index (χ0n) is 9.26. The van der Waals surface area contributed by atoms with Gasteiger partial charge in [-0.3, -0.25) is 4.79 Å². The van der Waals surface area contributed by atoms with Gasteiger partial charge >= 0.3 is 0 Å². The van der Waals surface area contributed by atoms with Crippen LogP contribution in [0, 0.1) is 5.92 Å². The maximum absolute atomic E-state index is 11.7. The van der Waals surface area contributed by atoms with E-state index in [1.54, 1.807) is 0 Å². The molecule has 0 heterocycles. The lowest BCUT2D eigenvalue weighted by Crippen LogP contribution is -2.17. The molecule has 14 heavy (non-hydrogen) atoms. The van der Waals surface area contributed by atoms with Crippen LogP contribution in [0.5, 0.6) is 0 Å². The van der Waals surface area contributed by atoms with Gasteiger partial charge in [-0.15, -0.1) is 0 Å². The first-order chi connectivity index (χ1) is 6.84. The Hall–Kier alpha value is -0.370. The number of carbonyl (C=O) groups is 1. The van der Waals surface area contributed by atoms with Gasteiger partial charge in [-0.25, -0.2) is 0 Å². The number of hydrogen-bond acceptors (Lipinski definition) is 2. The Kier molecular flexibility index (Phi) is 5.85. The van der Waals surface area contributed by atoms with Gasteiger partial charge in [0.15, 0.2) is 0 Å². The van der Waals surface area contributed by atoms with Crippen molar-refractivity contribution in [2.45, 2.75) is 51.9 Å². The predicted octanol–water partition coefficient (Wildman–Crippen LogP) is 2.95. The molecule has 2 heteroatoms. The van der Waals surface area contributed by atoms with Crippen LogP contribution in [0.15, 0.2) is 0 Å². The summed E-state index contributed by atoms with van der Waals surface area (Å²) in [6.45, 7) is 3.50. The van der Waals surface area contributed by atoms with Crippen LogP contribution in [0.2, 0.25) is 0 Å². The summed E-state index contributed by atoms with van der Waals surface area (Å²) < 4.78 is 5.22. The average Bonchev–Trinajstić information content (AvgIpc) is 2.25. The van der Waals surface area contributed by atoms with Gasteiger partial charge in [-0.2, -0.15) is 0 Å². The third kappa shape index (κ3) is 4.23. The molecule has 1 saturated carbocycles. The highest BCUT2D eigenvalue weighted by Crippen LogP contribution is 2.25. The number of rotatable bonds is 6. The fraction of sp³-hybridized carbons (Fsp3) is 0.917. The van der Waals surface area contributed by atoms with Crippen LogP contribution in [-0.4, -0.2) is 19.0 Å². The van der Waals surface area contributed by atoms with Gasteiger partial charge in [0, 0.05) is 25.6 Å². The molecule has 1 rings (SSSR count). The normalized spacial score (nSPS) is 18.4. The molecule has 0 spiro atoms. The van der Waals surface area contributed by atoms with Gasteiger partial charge in [0.2, 0.25) is 0 Å². The van der Waals surface area contributed by atoms with Gasteiger partial charge in [0.1, 0.15) is 5.78 Å². The van der Waals surface area contributed by atoms with Gasteiger partial charge < -0.3 is 4.74 Å². The molecule has 0 radical (unpaired) electrons. The quantitative estimate of drug-likeness (QED) is 0.613. The molecule has 1 fully saturated rings. The number of carbonyl (C=O) groups excluding carboxylic acids is 1. The molecule has 0 atom stereocenters. The highest BCUT2D eigenvalue weighted by Gasteiger charge is 2.19. The molecule has 0 N–H and O–H groups in total. The second-order valence-corrected chi connectivity index (χ2v) is 4.10. The number of ether oxygens (including phenoxy) is 1. The van der Waals surface area contributed by atoms with Crippen LogP contribution in [-0.2, 0) is 9.53 Å². The summed E-state index contributed by atoms with van der Waals surface area (Å²) in [5.41, 5.74) is 0. The van der Waals surface area contributed by atoms with Crippen molar-refractivity contribution < 1.29 is 9.53 Å². The summed E-state index contributed by atoms with van der Waals surface area (Å²) in [4.78, 5) is 11.7. The zero-order chi connectivity index (χ0) is 10.2. The van der Waals surface area contributed by atoms with Crippen LogP contribution in [0.1, 0.15) is 51.9 Å². The maximum atomic E-state index is 11.7. The molecule has 2 nitrogen and oxygen atoms in total. The highest BCUT2D eigenvalue weighted by molar-refractivity contribution is 5.80. The van der Waals surface area contributed by atoms with Gasteiger partial charge in [0.25, 0.3) is 0 Å². The monoisotopic (exact) mass is 198 g/mol. The number of Topliss-reactive ketones (excluding diaryl/α,β-unsaturated/α-hetero) is 1. The Bertz CT molecular complexity index is 160. The van der Waals surface area contributed by atoms with Crippen LogP contribution in [0.3, 0.4) is 0 Å². The molecule has 1 aliphatic rings. The molecule has 82 valence electrons. The molecule has 1 aliphatic carbocycles. The van der Waals surface area contributed by atoms with Crippen LogP contribution in [0.4, 0.5) is 0 Å². The zero-order valence-corrected chi connectivity index (χ0v) is 9.26. The van der Waals surface area contributed by atoms with Crippen molar-refractivity contribution in [3.8, 4) is 0 Å². The molecular formula is C12H22O2. The molecule has 0 bridgehead atoms. The average molecular weight is 198 g/mol. The lowest BCUT2D eigenvalue weighted by Gasteiger charge is -2.20. The van der Waals surface area contributed by atoms with E-state index in [0.717, 1.165) is 38.9 Å². The Morgan fingerprint density at radius 1 is 1.29 bits per heavy atom. The summed E-state index contributed by atoms with van der Waals surface area (Å²) in [6.07, 6.45) is 7.72. The van der Waals surface area contributed by atoms with Crippen LogP contribution >= 0.6 is 0 Å². The smallest absolute Gasteiger partial charge is 0.136 e. The summed E-state index contributed by atoms with van der Waals surface area (Å²) in [7, 11) is 0. The summed E-state index contributed by atoms with van der Waals surface area (Å²) >= 11 is 0. The van der Waals surface area contributed by atoms with E-state index in [9.17, 15) is 4.79 Å². The first kappa shape index (κ1) is 11.7. The minimum atomic E-state index is 0.380. The highest BCUT2D eigenvalue weighted by atomic mass is 16.5. The van der Waals surface area contributed by atoms with Gasteiger partial charge in [-0.1, -0.05) is 19.3 Å². The predicted molar refractivity (Wildman–Crippen MR) is 57.3 cm³/mol. The minimum absolute atomic E-state index is 0.380. The van der Waals surface area contributed by atoms with E-state index in [1.165, 1.54) is 19.3 Å². The third-order valence-corrected chi connectivity index (χ3v) is 2.98. The molecule has 0 aliphatic heterocycles. The first-order valence-corrected chi connectivity index (χ1v) is 5.95. The fourth-order valence-corrected chi connectivity index (χ4v) is 2.12. The summed E-state index contributed by atoms with van der Waals surface area (Å²) in [5, 5.41) is 0. The topological polar surface area (TPSA) is 26.3 Å².